The molecule has 1 saturated heterocycles. The molecule has 2 heterocycles. The third-order valence-electron chi connectivity index (χ3n) is 2.50. The minimum atomic E-state index is -0.0810. The third-order valence-corrected chi connectivity index (χ3v) is 2.50. The van der Waals surface area contributed by atoms with Crippen molar-refractivity contribution in [3.8, 4) is 0 Å². The summed E-state index contributed by atoms with van der Waals surface area (Å²) < 4.78 is 0. The first kappa shape index (κ1) is 10.0. The van der Waals surface area contributed by atoms with Gasteiger partial charge in [0.15, 0.2) is 0 Å². The molecular weight excluding hydrogens is 192 g/mol. The molecule has 80 valence electrons. The van der Waals surface area contributed by atoms with Crippen LogP contribution in [0.15, 0.2) is 18.7 Å². The highest BCUT2D eigenvalue weighted by Crippen LogP contribution is 2.03. The average molecular weight is 206 g/mol. The van der Waals surface area contributed by atoms with Crippen LogP contribution in [-0.2, 0) is 0 Å². The smallest absolute Gasteiger partial charge is 0.254 e. The fourth-order valence-corrected chi connectivity index (χ4v) is 1.65. The van der Waals surface area contributed by atoms with Crippen LogP contribution in [0.3, 0.4) is 0 Å². The van der Waals surface area contributed by atoms with Crippen LogP contribution in [0.4, 0.5) is 0 Å². The van der Waals surface area contributed by atoms with Crippen molar-refractivity contribution in [2.45, 2.75) is 18.9 Å². The normalized spacial score (nSPS) is 17.3. The molecule has 1 aromatic rings. The standard InChI is InChI=1S/C10H14N4O/c15-10(8-5-12-7-13-6-8)14-9-1-3-11-4-2-9/h5-7,9,11H,1-4H2,(H,14,15). The molecule has 0 atom stereocenters. The van der Waals surface area contributed by atoms with E-state index in [0.717, 1.165) is 25.9 Å². The first-order chi connectivity index (χ1) is 7.36. The van der Waals surface area contributed by atoms with Gasteiger partial charge in [-0.3, -0.25) is 4.79 Å². The van der Waals surface area contributed by atoms with Gasteiger partial charge in [0.1, 0.15) is 6.33 Å². The van der Waals surface area contributed by atoms with Crippen LogP contribution >= 0.6 is 0 Å². The van der Waals surface area contributed by atoms with Crippen LogP contribution in [-0.4, -0.2) is 35.0 Å². The zero-order valence-corrected chi connectivity index (χ0v) is 8.44. The summed E-state index contributed by atoms with van der Waals surface area (Å²) in [6.07, 6.45) is 6.45. The van der Waals surface area contributed by atoms with Crippen LogP contribution in [0.1, 0.15) is 23.2 Å². The largest absolute Gasteiger partial charge is 0.349 e. The molecule has 0 unspecified atom stereocenters. The molecule has 1 amide bonds. The number of amides is 1. The Morgan fingerprint density at radius 1 is 1.33 bits per heavy atom. The molecule has 1 aromatic heterocycles. The Hall–Kier alpha value is -1.49. The second-order valence-corrected chi connectivity index (χ2v) is 3.62. The molecule has 5 heteroatoms. The fraction of sp³-hybridized carbons (Fsp3) is 0.500. The number of carbonyl (C=O) groups is 1. The predicted octanol–water partition coefficient (Wildman–Crippen LogP) is -0.0416. The van der Waals surface area contributed by atoms with Crippen LogP contribution in [0.2, 0.25) is 0 Å². The van der Waals surface area contributed by atoms with Crippen molar-refractivity contribution < 1.29 is 4.79 Å². The summed E-state index contributed by atoms with van der Waals surface area (Å²) in [6, 6.07) is 0.277. The van der Waals surface area contributed by atoms with E-state index in [1.165, 1.54) is 18.7 Å². The van der Waals surface area contributed by atoms with E-state index in [1.807, 2.05) is 0 Å². The summed E-state index contributed by atoms with van der Waals surface area (Å²) in [4.78, 5) is 19.3. The summed E-state index contributed by atoms with van der Waals surface area (Å²) in [5.41, 5.74) is 0.524. The van der Waals surface area contributed by atoms with E-state index in [4.69, 9.17) is 0 Å². The van der Waals surface area contributed by atoms with Crippen LogP contribution in [0, 0.1) is 0 Å². The van der Waals surface area contributed by atoms with Crippen molar-refractivity contribution in [3.05, 3.63) is 24.3 Å². The lowest BCUT2D eigenvalue weighted by atomic mass is 10.1. The SMILES string of the molecule is O=C(NC1CCNCC1)c1cncnc1. The highest BCUT2D eigenvalue weighted by Gasteiger charge is 2.16. The highest BCUT2D eigenvalue weighted by molar-refractivity contribution is 5.93. The second kappa shape index (κ2) is 4.84. The average Bonchev–Trinajstić information content (AvgIpc) is 2.31. The molecule has 0 bridgehead atoms. The summed E-state index contributed by atoms with van der Waals surface area (Å²) in [5.74, 6) is -0.0810. The monoisotopic (exact) mass is 206 g/mol. The zero-order chi connectivity index (χ0) is 10.5. The molecule has 1 aliphatic rings. The summed E-state index contributed by atoms with van der Waals surface area (Å²) >= 11 is 0. The number of rotatable bonds is 2. The maximum Gasteiger partial charge on any atom is 0.254 e. The van der Waals surface area contributed by atoms with E-state index >= 15 is 0 Å². The quantitative estimate of drug-likeness (QED) is 0.712. The number of aromatic nitrogens is 2. The number of nitrogens with zero attached hydrogens (tertiary/aromatic N) is 2. The van der Waals surface area contributed by atoms with Crippen LogP contribution < -0.4 is 10.6 Å². The lowest BCUT2D eigenvalue weighted by molar-refractivity contribution is 0.0929. The molecule has 15 heavy (non-hydrogen) atoms. The minimum absolute atomic E-state index is 0.0810. The molecule has 0 aliphatic carbocycles. The molecule has 2 rings (SSSR count). The minimum Gasteiger partial charge on any atom is -0.349 e. The van der Waals surface area contributed by atoms with E-state index in [2.05, 4.69) is 20.6 Å². The van der Waals surface area contributed by atoms with E-state index in [-0.39, 0.29) is 11.9 Å². The number of piperidine rings is 1. The molecule has 0 spiro atoms. The van der Waals surface area contributed by atoms with Gasteiger partial charge in [-0.05, 0) is 25.9 Å². The van der Waals surface area contributed by atoms with Crippen LogP contribution in [0.5, 0.6) is 0 Å². The Kier molecular flexibility index (Phi) is 3.24. The van der Waals surface area contributed by atoms with Crippen LogP contribution in [0.25, 0.3) is 0 Å². The highest BCUT2D eigenvalue weighted by atomic mass is 16.1. The van der Waals surface area contributed by atoms with Gasteiger partial charge in [-0.15, -0.1) is 0 Å². The number of hydrogen-bond acceptors (Lipinski definition) is 4. The zero-order valence-electron chi connectivity index (χ0n) is 8.44. The summed E-state index contributed by atoms with van der Waals surface area (Å²) in [7, 11) is 0. The molecule has 1 fully saturated rings. The lowest BCUT2D eigenvalue weighted by Gasteiger charge is -2.23. The Labute approximate surface area is 88.3 Å². The molecule has 2 N–H and O–H groups in total. The maximum absolute atomic E-state index is 11.7. The molecule has 0 saturated carbocycles. The fourth-order valence-electron chi connectivity index (χ4n) is 1.65. The van der Waals surface area contributed by atoms with Crippen molar-refractivity contribution in [2.75, 3.05) is 13.1 Å². The van der Waals surface area contributed by atoms with Gasteiger partial charge in [0.25, 0.3) is 5.91 Å². The molecule has 0 aromatic carbocycles. The summed E-state index contributed by atoms with van der Waals surface area (Å²) in [6.45, 7) is 1.94. The van der Waals surface area contributed by atoms with Gasteiger partial charge >= 0.3 is 0 Å². The van der Waals surface area contributed by atoms with Crippen molar-refractivity contribution >= 4 is 5.91 Å². The Bertz CT molecular complexity index is 321. The summed E-state index contributed by atoms with van der Waals surface area (Å²) in [5, 5.41) is 6.23. The number of carbonyl (C=O) groups excluding carboxylic acids is 1. The Balaban J connectivity index is 1.91. The molecule has 0 radical (unpaired) electrons. The van der Waals surface area contributed by atoms with Crippen molar-refractivity contribution in [2.24, 2.45) is 0 Å². The predicted molar refractivity (Wildman–Crippen MR) is 55.4 cm³/mol. The number of nitrogens with one attached hydrogen (secondary N) is 2. The van der Waals surface area contributed by atoms with Gasteiger partial charge in [0, 0.05) is 18.4 Å². The molecular formula is C10H14N4O. The third kappa shape index (κ3) is 2.73. The second-order valence-electron chi connectivity index (χ2n) is 3.62. The van der Waals surface area contributed by atoms with E-state index in [1.54, 1.807) is 0 Å². The van der Waals surface area contributed by atoms with Gasteiger partial charge in [0.2, 0.25) is 0 Å². The number of hydrogen-bond donors (Lipinski definition) is 2. The first-order valence-electron chi connectivity index (χ1n) is 5.13. The lowest BCUT2D eigenvalue weighted by Crippen LogP contribution is -2.42. The van der Waals surface area contributed by atoms with E-state index < -0.39 is 0 Å². The van der Waals surface area contributed by atoms with Gasteiger partial charge < -0.3 is 10.6 Å². The van der Waals surface area contributed by atoms with E-state index in [9.17, 15) is 4.79 Å². The van der Waals surface area contributed by atoms with Crippen molar-refractivity contribution in [3.63, 3.8) is 0 Å². The van der Waals surface area contributed by atoms with Gasteiger partial charge in [0.05, 0.1) is 5.56 Å². The van der Waals surface area contributed by atoms with Gasteiger partial charge in [-0.2, -0.15) is 0 Å². The van der Waals surface area contributed by atoms with E-state index in [0.29, 0.717) is 5.56 Å². The topological polar surface area (TPSA) is 66.9 Å². The van der Waals surface area contributed by atoms with Gasteiger partial charge in [-0.25, -0.2) is 9.97 Å². The van der Waals surface area contributed by atoms with Crippen molar-refractivity contribution in [1.29, 1.82) is 0 Å². The first-order valence-corrected chi connectivity index (χ1v) is 5.13. The molecule has 5 nitrogen and oxygen atoms in total. The Morgan fingerprint density at radius 3 is 2.67 bits per heavy atom. The molecule has 1 aliphatic heterocycles. The Morgan fingerprint density at radius 2 is 2.00 bits per heavy atom. The maximum atomic E-state index is 11.7. The van der Waals surface area contributed by atoms with Crippen molar-refractivity contribution in [1.82, 2.24) is 20.6 Å². The van der Waals surface area contributed by atoms with Gasteiger partial charge in [-0.1, -0.05) is 0 Å².